The second kappa shape index (κ2) is 10.0. The van der Waals surface area contributed by atoms with Gasteiger partial charge in [0.15, 0.2) is 0 Å². The first-order valence-electron chi connectivity index (χ1n) is 12.2. The normalized spacial score (nSPS) is 21.2. The molecule has 9 nitrogen and oxygen atoms in total. The van der Waals surface area contributed by atoms with Gasteiger partial charge in [0, 0.05) is 44.6 Å². The van der Waals surface area contributed by atoms with Crippen LogP contribution in [0.15, 0.2) is 27.8 Å². The third kappa shape index (κ3) is 4.74. The average molecular weight is 471 g/mol. The van der Waals surface area contributed by atoms with Crippen molar-refractivity contribution in [2.24, 2.45) is 17.8 Å². The lowest BCUT2D eigenvalue weighted by atomic mass is 9.81. The van der Waals surface area contributed by atoms with Crippen LogP contribution in [0.5, 0.6) is 5.75 Å². The van der Waals surface area contributed by atoms with Crippen molar-refractivity contribution in [2.75, 3.05) is 33.3 Å². The van der Waals surface area contributed by atoms with Gasteiger partial charge in [-0.15, -0.1) is 0 Å². The van der Waals surface area contributed by atoms with E-state index in [2.05, 4.69) is 4.98 Å². The van der Waals surface area contributed by atoms with Gasteiger partial charge < -0.3 is 19.5 Å². The second-order valence-corrected chi connectivity index (χ2v) is 9.75. The van der Waals surface area contributed by atoms with Crippen LogP contribution in [-0.2, 0) is 16.1 Å². The molecule has 4 rings (SSSR count). The molecular weight excluding hydrogens is 436 g/mol. The fourth-order valence-electron chi connectivity index (χ4n) is 5.22. The standard InChI is InChI=1S/C25H34N4O5/c1-16(2)22(30)27-11-13-28(14-12-27)23(31)18-9-7-17(8-10-18)15-29-24(32)21-19(26-25(29)33)5-4-6-20(21)34-3/h4-6,16-18H,7-15H2,1-3H3,(H,26,33)/t17-,18-. The van der Waals surface area contributed by atoms with Crippen LogP contribution in [0, 0.1) is 17.8 Å². The minimum Gasteiger partial charge on any atom is -0.496 e. The Hall–Kier alpha value is -3.10. The molecular formula is C25H34N4O5. The number of fused-ring (bicyclic) bond motifs is 1. The Bertz CT molecular complexity index is 1170. The minimum atomic E-state index is -0.419. The zero-order valence-corrected chi connectivity index (χ0v) is 20.2. The number of nitrogens with zero attached hydrogens (tertiary/aromatic N) is 3. The summed E-state index contributed by atoms with van der Waals surface area (Å²) in [5.74, 6) is 0.855. The lowest BCUT2D eigenvalue weighted by molar-refractivity contribution is -0.144. The second-order valence-electron chi connectivity index (χ2n) is 9.75. The summed E-state index contributed by atoms with van der Waals surface area (Å²) >= 11 is 0. The SMILES string of the molecule is COc1cccc2[nH]c(=O)n(C[C@H]3CC[C@H](C(=O)N4CCN(C(=O)C(C)C)CC4)CC3)c(=O)c12. The molecule has 1 aromatic carbocycles. The zero-order valence-electron chi connectivity index (χ0n) is 20.2. The molecule has 2 aromatic rings. The monoisotopic (exact) mass is 470 g/mol. The first-order chi connectivity index (χ1) is 16.3. The highest BCUT2D eigenvalue weighted by molar-refractivity contribution is 5.84. The summed E-state index contributed by atoms with van der Waals surface area (Å²) in [6.07, 6.45) is 3.08. The molecule has 0 spiro atoms. The molecule has 2 heterocycles. The molecule has 2 amide bonds. The highest BCUT2D eigenvalue weighted by Crippen LogP contribution is 2.31. The smallest absolute Gasteiger partial charge is 0.328 e. The maximum Gasteiger partial charge on any atom is 0.328 e. The Morgan fingerprint density at radius 3 is 2.29 bits per heavy atom. The Morgan fingerprint density at radius 2 is 1.68 bits per heavy atom. The van der Waals surface area contributed by atoms with E-state index in [4.69, 9.17) is 4.74 Å². The van der Waals surface area contributed by atoms with Crippen LogP contribution in [0.3, 0.4) is 0 Å². The van der Waals surface area contributed by atoms with Crippen LogP contribution in [0.25, 0.3) is 10.9 Å². The Labute approximate surface area is 198 Å². The van der Waals surface area contributed by atoms with Gasteiger partial charge in [-0.2, -0.15) is 0 Å². The number of hydrogen-bond donors (Lipinski definition) is 1. The van der Waals surface area contributed by atoms with Crippen molar-refractivity contribution >= 4 is 22.7 Å². The van der Waals surface area contributed by atoms with Gasteiger partial charge >= 0.3 is 5.69 Å². The molecule has 2 fully saturated rings. The summed E-state index contributed by atoms with van der Waals surface area (Å²) in [6.45, 7) is 6.48. The number of benzene rings is 1. The first kappa shape index (κ1) is 24.0. The number of amides is 2. The van der Waals surface area contributed by atoms with Crippen molar-refractivity contribution < 1.29 is 14.3 Å². The molecule has 184 valence electrons. The van der Waals surface area contributed by atoms with Crippen molar-refractivity contribution in [3.05, 3.63) is 39.0 Å². The van der Waals surface area contributed by atoms with Gasteiger partial charge in [0.05, 0.1) is 12.6 Å². The molecule has 1 aliphatic heterocycles. The summed E-state index contributed by atoms with van der Waals surface area (Å²) in [6, 6.07) is 5.14. The molecule has 34 heavy (non-hydrogen) atoms. The molecule has 0 unspecified atom stereocenters. The molecule has 1 aromatic heterocycles. The third-order valence-corrected chi connectivity index (χ3v) is 7.23. The number of aromatic amines is 1. The summed E-state index contributed by atoms with van der Waals surface area (Å²) in [4.78, 5) is 57.4. The summed E-state index contributed by atoms with van der Waals surface area (Å²) < 4.78 is 6.59. The van der Waals surface area contributed by atoms with Crippen molar-refractivity contribution in [3.8, 4) is 5.75 Å². The van der Waals surface area contributed by atoms with Gasteiger partial charge in [-0.25, -0.2) is 4.79 Å². The van der Waals surface area contributed by atoms with Crippen LogP contribution in [0.1, 0.15) is 39.5 Å². The number of H-pyrrole nitrogens is 1. The quantitative estimate of drug-likeness (QED) is 0.718. The van der Waals surface area contributed by atoms with Gasteiger partial charge in [-0.3, -0.25) is 19.0 Å². The predicted octanol–water partition coefficient (Wildman–Crippen LogP) is 1.83. The average Bonchev–Trinajstić information content (AvgIpc) is 2.85. The van der Waals surface area contributed by atoms with E-state index in [0.717, 1.165) is 25.7 Å². The molecule has 0 radical (unpaired) electrons. The topological polar surface area (TPSA) is 105 Å². The maximum atomic E-state index is 13.1. The van der Waals surface area contributed by atoms with Crippen LogP contribution >= 0.6 is 0 Å². The van der Waals surface area contributed by atoms with Crippen molar-refractivity contribution in [2.45, 2.75) is 46.1 Å². The van der Waals surface area contributed by atoms with Crippen molar-refractivity contribution in [1.82, 2.24) is 19.4 Å². The van der Waals surface area contributed by atoms with Gasteiger partial charge in [0.1, 0.15) is 11.1 Å². The fraction of sp³-hybridized carbons (Fsp3) is 0.600. The molecule has 1 saturated heterocycles. The number of carbonyl (C=O) groups is 2. The van der Waals surface area contributed by atoms with Gasteiger partial charge in [0.2, 0.25) is 11.8 Å². The van der Waals surface area contributed by atoms with E-state index in [1.165, 1.54) is 11.7 Å². The largest absolute Gasteiger partial charge is 0.496 e. The van der Waals surface area contributed by atoms with Crippen molar-refractivity contribution in [1.29, 1.82) is 0 Å². The molecule has 1 N–H and O–H groups in total. The third-order valence-electron chi connectivity index (χ3n) is 7.23. The number of aromatic nitrogens is 2. The first-order valence-corrected chi connectivity index (χ1v) is 12.2. The molecule has 2 aliphatic rings. The molecule has 0 bridgehead atoms. The Morgan fingerprint density at radius 1 is 1.03 bits per heavy atom. The number of methoxy groups -OCH3 is 1. The number of rotatable bonds is 5. The predicted molar refractivity (Wildman–Crippen MR) is 129 cm³/mol. The number of piperazine rings is 1. The van der Waals surface area contributed by atoms with E-state index < -0.39 is 5.69 Å². The van der Waals surface area contributed by atoms with Crippen LogP contribution in [0.4, 0.5) is 0 Å². The maximum absolute atomic E-state index is 13.1. The molecule has 9 heteroatoms. The number of hydrogen-bond acceptors (Lipinski definition) is 5. The van der Waals surface area contributed by atoms with Crippen LogP contribution in [0.2, 0.25) is 0 Å². The Kier molecular flexibility index (Phi) is 7.09. The van der Waals surface area contributed by atoms with E-state index in [0.29, 0.717) is 49.4 Å². The summed E-state index contributed by atoms with van der Waals surface area (Å²) in [7, 11) is 1.50. The van der Waals surface area contributed by atoms with E-state index in [1.54, 1.807) is 18.2 Å². The van der Waals surface area contributed by atoms with E-state index in [1.807, 2.05) is 23.6 Å². The summed E-state index contributed by atoms with van der Waals surface area (Å²) in [5.41, 5.74) is -0.295. The number of nitrogens with one attached hydrogen (secondary N) is 1. The lowest BCUT2D eigenvalue weighted by Gasteiger charge is -2.38. The number of carbonyl (C=O) groups excluding carboxylic acids is 2. The fourth-order valence-corrected chi connectivity index (χ4v) is 5.22. The van der Waals surface area contributed by atoms with E-state index in [-0.39, 0.29) is 35.1 Å². The Balaban J connectivity index is 1.36. The minimum absolute atomic E-state index is 0.0269. The van der Waals surface area contributed by atoms with E-state index >= 15 is 0 Å². The molecule has 0 atom stereocenters. The van der Waals surface area contributed by atoms with Crippen LogP contribution < -0.4 is 16.0 Å². The lowest BCUT2D eigenvalue weighted by Crippen LogP contribution is -2.53. The van der Waals surface area contributed by atoms with E-state index in [9.17, 15) is 19.2 Å². The molecule has 1 aliphatic carbocycles. The summed E-state index contributed by atoms with van der Waals surface area (Å²) in [5, 5.41) is 0.378. The van der Waals surface area contributed by atoms with Crippen LogP contribution in [-0.4, -0.2) is 64.5 Å². The van der Waals surface area contributed by atoms with Gasteiger partial charge in [-0.1, -0.05) is 19.9 Å². The van der Waals surface area contributed by atoms with Crippen molar-refractivity contribution in [3.63, 3.8) is 0 Å². The van der Waals surface area contributed by atoms with Gasteiger partial charge in [-0.05, 0) is 43.7 Å². The van der Waals surface area contributed by atoms with Gasteiger partial charge in [0.25, 0.3) is 5.56 Å². The highest BCUT2D eigenvalue weighted by atomic mass is 16.5. The zero-order chi connectivity index (χ0) is 24.4. The number of ether oxygens (including phenoxy) is 1. The molecule has 1 saturated carbocycles. The highest BCUT2D eigenvalue weighted by Gasteiger charge is 2.32.